The fraction of sp³-hybridized carbons (Fsp3) is 0.0800. The number of nitrogen functional groups attached to an aromatic ring is 1. The Bertz CT molecular complexity index is 1150. The average molecular weight is 417 g/mol. The first-order valence-corrected chi connectivity index (χ1v) is 9.65. The molecule has 0 unspecified atom stereocenters. The van der Waals surface area contributed by atoms with Crippen molar-refractivity contribution in [1.29, 1.82) is 0 Å². The number of nitrogens with one attached hydrogen (secondary N) is 1. The van der Waals surface area contributed by atoms with Crippen LogP contribution in [0.2, 0.25) is 0 Å². The third kappa shape index (κ3) is 4.91. The molecular formula is C25H25ClN4. The lowest BCUT2D eigenvalue weighted by Crippen LogP contribution is -2.14. The van der Waals surface area contributed by atoms with Crippen molar-refractivity contribution in [3.05, 3.63) is 108 Å². The number of fused-ring (bicyclic) bond motifs is 1. The Morgan fingerprint density at radius 2 is 1.57 bits per heavy atom. The lowest BCUT2D eigenvalue weighted by Gasteiger charge is -2.12. The van der Waals surface area contributed by atoms with Crippen LogP contribution in [0.5, 0.6) is 0 Å². The maximum Gasteiger partial charge on any atom is 0.126 e. The molecule has 5 N–H and O–H groups in total. The number of amidine groups is 1. The van der Waals surface area contributed by atoms with Gasteiger partial charge in [0.05, 0.1) is 17.9 Å². The molecule has 0 amide bonds. The molecule has 0 fully saturated rings. The molecule has 4 rings (SSSR count). The van der Waals surface area contributed by atoms with Crippen molar-refractivity contribution in [2.45, 2.75) is 13.1 Å². The summed E-state index contributed by atoms with van der Waals surface area (Å²) in [7, 11) is 0. The van der Waals surface area contributed by atoms with Crippen molar-refractivity contribution in [2.24, 2.45) is 10.7 Å². The van der Waals surface area contributed by atoms with Crippen molar-refractivity contribution in [1.82, 2.24) is 0 Å². The van der Waals surface area contributed by atoms with Crippen molar-refractivity contribution < 1.29 is 0 Å². The largest absolute Gasteiger partial charge is 0.397 e. The summed E-state index contributed by atoms with van der Waals surface area (Å²) in [6, 6.07) is 30.5. The summed E-state index contributed by atoms with van der Waals surface area (Å²) in [5.74, 6) is 0.487. The molecule has 0 aliphatic heterocycles. The highest BCUT2D eigenvalue weighted by molar-refractivity contribution is 5.99. The molecule has 0 aliphatic rings. The second kappa shape index (κ2) is 9.81. The first-order valence-electron chi connectivity index (χ1n) is 9.65. The highest BCUT2D eigenvalue weighted by Crippen LogP contribution is 2.23. The lowest BCUT2D eigenvalue weighted by atomic mass is 10.0. The molecule has 0 saturated carbocycles. The molecular weight excluding hydrogens is 392 g/mol. The Labute approximate surface area is 183 Å². The van der Waals surface area contributed by atoms with Crippen LogP contribution < -0.4 is 16.8 Å². The van der Waals surface area contributed by atoms with E-state index in [0.29, 0.717) is 24.6 Å². The number of hydrogen-bond donors (Lipinski definition) is 3. The topological polar surface area (TPSA) is 76.4 Å². The number of hydrogen-bond acceptors (Lipinski definition) is 3. The molecule has 0 radical (unpaired) electrons. The van der Waals surface area contributed by atoms with E-state index in [4.69, 9.17) is 11.5 Å². The molecule has 5 heteroatoms. The SMILES string of the molecule is Cl.NC(=NCc1ccccc1)c1ccc(NCc2cccc3ccccc23)c(N)c1. The van der Waals surface area contributed by atoms with Gasteiger partial charge in [-0.15, -0.1) is 12.4 Å². The lowest BCUT2D eigenvalue weighted by molar-refractivity contribution is 1.06. The zero-order valence-electron chi connectivity index (χ0n) is 16.6. The zero-order valence-corrected chi connectivity index (χ0v) is 17.4. The van der Waals surface area contributed by atoms with Gasteiger partial charge in [-0.25, -0.2) is 0 Å². The van der Waals surface area contributed by atoms with Gasteiger partial charge in [-0.1, -0.05) is 72.8 Å². The summed E-state index contributed by atoms with van der Waals surface area (Å²) in [5.41, 5.74) is 17.2. The van der Waals surface area contributed by atoms with Gasteiger partial charge in [0.15, 0.2) is 0 Å². The van der Waals surface area contributed by atoms with E-state index in [0.717, 1.165) is 16.8 Å². The first kappa shape index (κ1) is 21.2. The van der Waals surface area contributed by atoms with Crippen LogP contribution in [-0.4, -0.2) is 5.84 Å². The number of rotatable bonds is 6. The zero-order chi connectivity index (χ0) is 20.1. The number of nitrogens with zero attached hydrogens (tertiary/aromatic N) is 1. The van der Waals surface area contributed by atoms with E-state index in [-0.39, 0.29) is 12.4 Å². The Balaban J connectivity index is 0.00000256. The van der Waals surface area contributed by atoms with E-state index in [1.54, 1.807) is 0 Å². The predicted molar refractivity (Wildman–Crippen MR) is 130 cm³/mol. The van der Waals surface area contributed by atoms with Gasteiger partial charge in [0.2, 0.25) is 0 Å². The predicted octanol–water partition coefficient (Wildman–Crippen LogP) is 5.36. The van der Waals surface area contributed by atoms with Gasteiger partial charge in [0, 0.05) is 12.1 Å². The van der Waals surface area contributed by atoms with Crippen LogP contribution in [0.15, 0.2) is 96.0 Å². The number of anilines is 2. The third-order valence-electron chi connectivity index (χ3n) is 4.97. The molecule has 152 valence electrons. The van der Waals surface area contributed by atoms with Gasteiger partial charge in [0.1, 0.15) is 5.84 Å². The molecule has 0 atom stereocenters. The van der Waals surface area contributed by atoms with E-state index in [2.05, 4.69) is 52.8 Å². The van der Waals surface area contributed by atoms with Crippen LogP contribution in [0.25, 0.3) is 10.8 Å². The molecule has 0 saturated heterocycles. The maximum absolute atomic E-state index is 6.27. The van der Waals surface area contributed by atoms with Crippen LogP contribution in [0, 0.1) is 0 Å². The molecule has 0 aromatic heterocycles. The van der Waals surface area contributed by atoms with E-state index < -0.39 is 0 Å². The highest BCUT2D eigenvalue weighted by atomic mass is 35.5. The minimum atomic E-state index is 0. The number of nitrogens with two attached hydrogens (primary N) is 2. The summed E-state index contributed by atoms with van der Waals surface area (Å²) in [6.45, 7) is 1.25. The van der Waals surface area contributed by atoms with Gasteiger partial charge in [-0.2, -0.15) is 0 Å². The van der Waals surface area contributed by atoms with Gasteiger partial charge < -0.3 is 16.8 Å². The monoisotopic (exact) mass is 416 g/mol. The van der Waals surface area contributed by atoms with E-state index in [1.165, 1.54) is 16.3 Å². The van der Waals surface area contributed by atoms with Crippen LogP contribution >= 0.6 is 12.4 Å². The molecule has 0 heterocycles. The molecule has 4 aromatic rings. The van der Waals surface area contributed by atoms with Crippen LogP contribution in [0.4, 0.5) is 11.4 Å². The number of benzene rings is 4. The van der Waals surface area contributed by atoms with E-state index in [1.807, 2.05) is 48.5 Å². The fourth-order valence-electron chi connectivity index (χ4n) is 3.37. The normalized spacial score (nSPS) is 11.1. The number of halogens is 1. The molecule has 4 nitrogen and oxygen atoms in total. The fourth-order valence-corrected chi connectivity index (χ4v) is 3.37. The van der Waals surface area contributed by atoms with Gasteiger partial charge >= 0.3 is 0 Å². The van der Waals surface area contributed by atoms with Crippen molar-refractivity contribution in [2.75, 3.05) is 11.1 Å². The van der Waals surface area contributed by atoms with Crippen LogP contribution in [-0.2, 0) is 13.1 Å². The van der Waals surface area contributed by atoms with Crippen molar-refractivity contribution in [3.63, 3.8) is 0 Å². The van der Waals surface area contributed by atoms with E-state index in [9.17, 15) is 0 Å². The Morgan fingerprint density at radius 1 is 0.833 bits per heavy atom. The molecule has 0 spiro atoms. The minimum Gasteiger partial charge on any atom is -0.397 e. The second-order valence-electron chi connectivity index (χ2n) is 6.98. The third-order valence-corrected chi connectivity index (χ3v) is 4.97. The molecule has 0 aliphatic carbocycles. The second-order valence-corrected chi connectivity index (χ2v) is 6.98. The Hall–Kier alpha value is -3.50. The quantitative estimate of drug-likeness (QED) is 0.225. The highest BCUT2D eigenvalue weighted by Gasteiger charge is 2.06. The van der Waals surface area contributed by atoms with Gasteiger partial charge in [-0.05, 0) is 40.1 Å². The standard InChI is InChI=1S/C25H24N4.ClH/c26-23-15-20(25(27)29-16-18-7-2-1-3-8-18)13-14-24(23)28-17-21-11-6-10-19-9-4-5-12-22(19)21;/h1-15,28H,16-17,26H2,(H2,27,29);1H. The summed E-state index contributed by atoms with van der Waals surface area (Å²) in [6.07, 6.45) is 0. The Kier molecular flexibility index (Phi) is 6.94. The summed E-state index contributed by atoms with van der Waals surface area (Å²) >= 11 is 0. The minimum absolute atomic E-state index is 0. The molecule has 4 aromatic carbocycles. The van der Waals surface area contributed by atoms with Gasteiger partial charge in [-0.3, -0.25) is 4.99 Å². The molecule has 0 bridgehead atoms. The van der Waals surface area contributed by atoms with Crippen LogP contribution in [0.3, 0.4) is 0 Å². The number of aliphatic imine (C=N–C) groups is 1. The van der Waals surface area contributed by atoms with E-state index >= 15 is 0 Å². The van der Waals surface area contributed by atoms with Gasteiger partial charge in [0.25, 0.3) is 0 Å². The van der Waals surface area contributed by atoms with Crippen molar-refractivity contribution >= 4 is 40.4 Å². The first-order chi connectivity index (χ1) is 14.2. The van der Waals surface area contributed by atoms with Crippen LogP contribution in [0.1, 0.15) is 16.7 Å². The summed E-state index contributed by atoms with van der Waals surface area (Å²) < 4.78 is 0. The summed E-state index contributed by atoms with van der Waals surface area (Å²) in [4.78, 5) is 4.48. The summed E-state index contributed by atoms with van der Waals surface area (Å²) in [5, 5.41) is 5.92. The average Bonchev–Trinajstić information content (AvgIpc) is 2.77. The van der Waals surface area contributed by atoms with Crippen molar-refractivity contribution in [3.8, 4) is 0 Å². The Morgan fingerprint density at radius 3 is 2.37 bits per heavy atom. The molecule has 30 heavy (non-hydrogen) atoms. The smallest absolute Gasteiger partial charge is 0.126 e. The maximum atomic E-state index is 6.27.